The van der Waals surface area contributed by atoms with E-state index in [0.29, 0.717) is 10.0 Å². The Morgan fingerprint density at radius 1 is 1.09 bits per heavy atom. The summed E-state index contributed by atoms with van der Waals surface area (Å²) in [6.07, 6.45) is 0. The lowest BCUT2D eigenvalue weighted by Crippen LogP contribution is -2.24. The molecule has 0 aliphatic heterocycles. The molecule has 0 aliphatic carbocycles. The van der Waals surface area contributed by atoms with Crippen LogP contribution in [0, 0.1) is 13.8 Å². The van der Waals surface area contributed by atoms with Crippen molar-refractivity contribution in [2.45, 2.75) is 23.6 Å². The van der Waals surface area contributed by atoms with Crippen LogP contribution in [-0.2, 0) is 0 Å². The zero-order valence-corrected chi connectivity index (χ0v) is 14.8. The predicted octanol–water partition coefficient (Wildman–Crippen LogP) is 5.51. The van der Waals surface area contributed by atoms with E-state index < -0.39 is 0 Å². The minimum Gasteiger partial charge on any atom is -0.341 e. The van der Waals surface area contributed by atoms with Gasteiger partial charge in [0.15, 0.2) is 0 Å². The van der Waals surface area contributed by atoms with Gasteiger partial charge in [-0.3, -0.25) is 0 Å². The molecule has 0 saturated heterocycles. The summed E-state index contributed by atoms with van der Waals surface area (Å²) in [7, 11) is 1.59. The Labute approximate surface area is 144 Å². The SMILES string of the molecule is CNC(=O)Nc1cc(C)c(Sc2ccc(Cl)cc2Cl)c(C)c1. The van der Waals surface area contributed by atoms with E-state index in [0.717, 1.165) is 26.6 Å². The van der Waals surface area contributed by atoms with Crippen LogP contribution in [0.3, 0.4) is 0 Å². The summed E-state index contributed by atoms with van der Waals surface area (Å²) in [5.41, 5.74) is 2.91. The van der Waals surface area contributed by atoms with E-state index >= 15 is 0 Å². The third kappa shape index (κ3) is 4.09. The first kappa shape index (κ1) is 17.0. The molecule has 3 nitrogen and oxygen atoms in total. The maximum atomic E-state index is 11.4. The Morgan fingerprint density at radius 2 is 1.73 bits per heavy atom. The van der Waals surface area contributed by atoms with Crippen molar-refractivity contribution in [2.24, 2.45) is 0 Å². The number of amides is 2. The zero-order chi connectivity index (χ0) is 16.3. The summed E-state index contributed by atoms with van der Waals surface area (Å²) in [6, 6.07) is 9.10. The highest BCUT2D eigenvalue weighted by Gasteiger charge is 2.11. The molecule has 116 valence electrons. The van der Waals surface area contributed by atoms with Crippen LogP contribution in [0.2, 0.25) is 10.0 Å². The lowest BCUT2D eigenvalue weighted by molar-refractivity contribution is 0.254. The third-order valence-electron chi connectivity index (χ3n) is 3.05. The number of carbonyl (C=O) groups excluding carboxylic acids is 1. The summed E-state index contributed by atoms with van der Waals surface area (Å²) >= 11 is 13.7. The second-order valence-electron chi connectivity index (χ2n) is 4.82. The number of carbonyl (C=O) groups is 1. The van der Waals surface area contributed by atoms with Gasteiger partial charge in [0.1, 0.15) is 0 Å². The fraction of sp³-hybridized carbons (Fsp3) is 0.188. The molecular formula is C16H16Cl2N2OS. The minimum absolute atomic E-state index is 0.236. The summed E-state index contributed by atoms with van der Waals surface area (Å²) in [6.45, 7) is 4.02. The molecule has 0 aliphatic rings. The number of benzene rings is 2. The largest absolute Gasteiger partial charge is 0.341 e. The van der Waals surface area contributed by atoms with Gasteiger partial charge in [0.25, 0.3) is 0 Å². The maximum absolute atomic E-state index is 11.4. The third-order valence-corrected chi connectivity index (χ3v) is 5.14. The molecule has 0 unspecified atom stereocenters. The lowest BCUT2D eigenvalue weighted by atomic mass is 10.1. The smallest absolute Gasteiger partial charge is 0.318 e. The molecule has 2 rings (SSSR count). The van der Waals surface area contributed by atoms with Gasteiger partial charge < -0.3 is 10.6 Å². The summed E-state index contributed by atoms with van der Waals surface area (Å²) in [5, 5.41) is 6.56. The molecule has 0 spiro atoms. The van der Waals surface area contributed by atoms with Crippen molar-refractivity contribution in [3.63, 3.8) is 0 Å². The number of aryl methyl sites for hydroxylation is 2. The molecule has 0 atom stereocenters. The van der Waals surface area contributed by atoms with Gasteiger partial charge in [-0.05, 0) is 55.3 Å². The molecule has 2 aromatic carbocycles. The van der Waals surface area contributed by atoms with E-state index in [9.17, 15) is 4.79 Å². The first-order valence-corrected chi connectivity index (χ1v) is 8.21. The first-order chi connectivity index (χ1) is 10.4. The van der Waals surface area contributed by atoms with Crippen molar-refractivity contribution in [3.8, 4) is 0 Å². The topological polar surface area (TPSA) is 41.1 Å². The number of anilines is 1. The number of halogens is 2. The van der Waals surface area contributed by atoms with Crippen molar-refractivity contribution in [2.75, 3.05) is 12.4 Å². The van der Waals surface area contributed by atoms with E-state index in [2.05, 4.69) is 10.6 Å². The van der Waals surface area contributed by atoms with Crippen molar-refractivity contribution in [1.29, 1.82) is 0 Å². The van der Waals surface area contributed by atoms with Gasteiger partial charge in [-0.25, -0.2) is 4.79 Å². The van der Waals surface area contributed by atoms with Crippen molar-refractivity contribution >= 4 is 46.7 Å². The lowest BCUT2D eigenvalue weighted by Gasteiger charge is -2.13. The van der Waals surface area contributed by atoms with E-state index in [4.69, 9.17) is 23.2 Å². The molecule has 2 aromatic rings. The average Bonchev–Trinajstić information content (AvgIpc) is 2.44. The van der Waals surface area contributed by atoms with Gasteiger partial charge in [0, 0.05) is 27.5 Å². The van der Waals surface area contributed by atoms with Crippen LogP contribution in [-0.4, -0.2) is 13.1 Å². The number of hydrogen-bond donors (Lipinski definition) is 2. The average molecular weight is 355 g/mol. The van der Waals surface area contributed by atoms with Gasteiger partial charge in [-0.2, -0.15) is 0 Å². The molecule has 22 heavy (non-hydrogen) atoms. The molecule has 0 aromatic heterocycles. The fourth-order valence-corrected chi connectivity index (χ4v) is 3.52. The molecule has 2 N–H and O–H groups in total. The maximum Gasteiger partial charge on any atom is 0.318 e. The standard InChI is InChI=1S/C16H16Cl2N2OS/c1-9-6-12(20-16(21)19-3)7-10(2)15(9)22-14-5-4-11(17)8-13(14)18/h4-8H,1-3H3,(H2,19,20,21). The summed E-state index contributed by atoms with van der Waals surface area (Å²) in [5.74, 6) is 0. The van der Waals surface area contributed by atoms with Crippen LogP contribution in [0.1, 0.15) is 11.1 Å². The number of nitrogens with one attached hydrogen (secondary N) is 2. The molecule has 0 heterocycles. The first-order valence-electron chi connectivity index (χ1n) is 6.63. The van der Waals surface area contributed by atoms with Crippen LogP contribution in [0.25, 0.3) is 0 Å². The van der Waals surface area contributed by atoms with Crippen LogP contribution in [0.4, 0.5) is 10.5 Å². The van der Waals surface area contributed by atoms with Crippen LogP contribution < -0.4 is 10.6 Å². The monoisotopic (exact) mass is 354 g/mol. The molecule has 0 radical (unpaired) electrons. The number of urea groups is 1. The van der Waals surface area contributed by atoms with E-state index in [1.807, 2.05) is 38.1 Å². The van der Waals surface area contributed by atoms with Crippen LogP contribution in [0.5, 0.6) is 0 Å². The molecule has 0 saturated carbocycles. The van der Waals surface area contributed by atoms with Gasteiger partial charge in [0.05, 0.1) is 5.02 Å². The number of rotatable bonds is 3. The van der Waals surface area contributed by atoms with Gasteiger partial charge in [-0.1, -0.05) is 35.0 Å². The van der Waals surface area contributed by atoms with E-state index in [1.165, 1.54) is 0 Å². The van der Waals surface area contributed by atoms with Gasteiger partial charge in [-0.15, -0.1) is 0 Å². The zero-order valence-electron chi connectivity index (χ0n) is 12.5. The molecule has 2 amide bonds. The summed E-state index contributed by atoms with van der Waals surface area (Å²) < 4.78 is 0. The Kier molecular flexibility index (Phi) is 5.62. The molecule has 0 fully saturated rings. The van der Waals surface area contributed by atoms with Gasteiger partial charge >= 0.3 is 6.03 Å². The normalized spacial score (nSPS) is 10.4. The van der Waals surface area contributed by atoms with E-state index in [-0.39, 0.29) is 6.03 Å². The fourth-order valence-electron chi connectivity index (χ4n) is 2.04. The Hall–Kier alpha value is -1.36. The molecule has 0 bridgehead atoms. The number of hydrogen-bond acceptors (Lipinski definition) is 2. The van der Waals surface area contributed by atoms with Crippen molar-refractivity contribution < 1.29 is 4.79 Å². The van der Waals surface area contributed by atoms with Crippen molar-refractivity contribution in [3.05, 3.63) is 51.5 Å². The van der Waals surface area contributed by atoms with Crippen LogP contribution >= 0.6 is 35.0 Å². The summed E-state index contributed by atoms with van der Waals surface area (Å²) in [4.78, 5) is 13.5. The van der Waals surface area contributed by atoms with Crippen molar-refractivity contribution in [1.82, 2.24) is 5.32 Å². The highest BCUT2D eigenvalue weighted by molar-refractivity contribution is 7.99. The molecular weight excluding hydrogens is 339 g/mol. The second kappa shape index (κ2) is 7.27. The quantitative estimate of drug-likeness (QED) is 0.762. The Morgan fingerprint density at radius 3 is 2.27 bits per heavy atom. The predicted molar refractivity (Wildman–Crippen MR) is 94.6 cm³/mol. The highest BCUT2D eigenvalue weighted by Crippen LogP contribution is 2.38. The highest BCUT2D eigenvalue weighted by atomic mass is 35.5. The van der Waals surface area contributed by atoms with Crippen LogP contribution in [0.15, 0.2) is 40.1 Å². The minimum atomic E-state index is -0.236. The molecule has 6 heteroatoms. The second-order valence-corrected chi connectivity index (χ2v) is 6.72. The Balaban J connectivity index is 2.30. The van der Waals surface area contributed by atoms with E-state index in [1.54, 1.807) is 24.9 Å². The van der Waals surface area contributed by atoms with Gasteiger partial charge in [0.2, 0.25) is 0 Å². The Bertz CT molecular complexity index is 696.